The number of rotatable bonds is 2. The van der Waals surface area contributed by atoms with E-state index < -0.39 is 29.9 Å². The smallest absolute Gasteiger partial charge is 0.303 e. The molecule has 0 aliphatic carbocycles. The molecule has 1 nitrogen and oxygen atoms in total. The summed E-state index contributed by atoms with van der Waals surface area (Å²) in [4.78, 5) is 0. The van der Waals surface area contributed by atoms with Crippen molar-refractivity contribution in [1.29, 1.82) is 0 Å². The van der Waals surface area contributed by atoms with Crippen LogP contribution >= 0.6 is 0 Å². The van der Waals surface area contributed by atoms with Crippen molar-refractivity contribution in [3.05, 3.63) is 35.4 Å². The third-order valence-corrected chi connectivity index (χ3v) is 3.28. The molecule has 1 aliphatic heterocycles. The van der Waals surface area contributed by atoms with Crippen LogP contribution in [-0.2, 0) is 6.42 Å². The Balaban J connectivity index is 2.02. The van der Waals surface area contributed by atoms with Gasteiger partial charge in [0.2, 0.25) is 0 Å². The highest BCUT2D eigenvalue weighted by atomic mass is 19.4. The first-order valence-corrected chi connectivity index (χ1v) is 6.12. The summed E-state index contributed by atoms with van der Waals surface area (Å²) >= 11 is 0. The van der Waals surface area contributed by atoms with Crippen molar-refractivity contribution < 1.29 is 22.0 Å². The molecule has 106 valence electrons. The summed E-state index contributed by atoms with van der Waals surface area (Å²) in [6.45, 7) is 0. The van der Waals surface area contributed by atoms with Gasteiger partial charge in [-0.15, -0.1) is 0 Å². The molecule has 1 fully saturated rings. The molecule has 2 unspecified atom stereocenters. The molecular formula is C13H14F5N. The second kappa shape index (κ2) is 5.45. The van der Waals surface area contributed by atoms with Crippen LogP contribution in [0, 0.1) is 11.6 Å². The predicted molar refractivity (Wildman–Crippen MR) is 60.7 cm³/mol. The largest absolute Gasteiger partial charge is 0.403 e. The summed E-state index contributed by atoms with van der Waals surface area (Å²) in [7, 11) is 0. The maximum absolute atomic E-state index is 13.0. The SMILES string of the molecule is Fc1cc(F)cc(CC2CCCC(C(F)(F)F)N2)c1. The summed E-state index contributed by atoms with van der Waals surface area (Å²) in [5.41, 5.74) is 0.373. The summed E-state index contributed by atoms with van der Waals surface area (Å²) in [5.74, 6) is -1.42. The molecule has 1 heterocycles. The van der Waals surface area contributed by atoms with Crippen LogP contribution in [0.3, 0.4) is 0 Å². The number of alkyl halides is 3. The Morgan fingerprint density at radius 3 is 2.26 bits per heavy atom. The van der Waals surface area contributed by atoms with E-state index in [9.17, 15) is 22.0 Å². The van der Waals surface area contributed by atoms with Gasteiger partial charge in [0.25, 0.3) is 0 Å². The molecule has 0 amide bonds. The zero-order valence-electron chi connectivity index (χ0n) is 10.1. The second-order valence-corrected chi connectivity index (χ2v) is 4.87. The summed E-state index contributed by atoms with van der Waals surface area (Å²) < 4.78 is 63.8. The van der Waals surface area contributed by atoms with Gasteiger partial charge < -0.3 is 5.32 Å². The standard InChI is InChI=1S/C13H14F5N/c14-9-4-8(5-10(15)7-9)6-11-2-1-3-12(19-11)13(16,17)18/h4-5,7,11-12,19H,1-3,6H2. The van der Waals surface area contributed by atoms with Gasteiger partial charge in [-0.25, -0.2) is 8.78 Å². The van der Waals surface area contributed by atoms with Crippen molar-refractivity contribution in [1.82, 2.24) is 5.32 Å². The molecule has 1 N–H and O–H groups in total. The molecular weight excluding hydrogens is 265 g/mol. The molecule has 1 saturated heterocycles. The molecule has 0 saturated carbocycles. The van der Waals surface area contributed by atoms with E-state index in [-0.39, 0.29) is 12.8 Å². The van der Waals surface area contributed by atoms with Crippen molar-refractivity contribution in [2.45, 2.75) is 43.9 Å². The number of halogens is 5. The lowest BCUT2D eigenvalue weighted by atomic mass is 9.93. The van der Waals surface area contributed by atoms with Crippen molar-refractivity contribution in [3.63, 3.8) is 0 Å². The first-order chi connectivity index (χ1) is 8.84. The van der Waals surface area contributed by atoms with Crippen LogP contribution in [0.1, 0.15) is 24.8 Å². The highest BCUT2D eigenvalue weighted by molar-refractivity contribution is 5.19. The second-order valence-electron chi connectivity index (χ2n) is 4.87. The van der Waals surface area contributed by atoms with Gasteiger partial charge >= 0.3 is 6.18 Å². The van der Waals surface area contributed by atoms with Gasteiger partial charge in [-0.05, 0) is 43.4 Å². The van der Waals surface area contributed by atoms with Crippen molar-refractivity contribution in [3.8, 4) is 0 Å². The number of nitrogens with one attached hydrogen (secondary N) is 1. The Hall–Kier alpha value is -1.17. The van der Waals surface area contributed by atoms with E-state index in [4.69, 9.17) is 0 Å². The molecule has 0 spiro atoms. The van der Waals surface area contributed by atoms with Crippen LogP contribution in [-0.4, -0.2) is 18.3 Å². The monoisotopic (exact) mass is 279 g/mol. The molecule has 1 aliphatic rings. The van der Waals surface area contributed by atoms with Gasteiger partial charge in [0, 0.05) is 12.1 Å². The minimum atomic E-state index is -4.27. The van der Waals surface area contributed by atoms with Crippen LogP contribution < -0.4 is 5.32 Å². The van der Waals surface area contributed by atoms with Gasteiger partial charge in [-0.1, -0.05) is 0 Å². The van der Waals surface area contributed by atoms with Crippen LogP contribution in [0.15, 0.2) is 18.2 Å². The lowest BCUT2D eigenvalue weighted by molar-refractivity contribution is -0.163. The Labute approximate surface area is 107 Å². The Morgan fingerprint density at radius 1 is 1.05 bits per heavy atom. The highest BCUT2D eigenvalue weighted by Gasteiger charge is 2.41. The zero-order valence-corrected chi connectivity index (χ0v) is 10.1. The number of hydrogen-bond acceptors (Lipinski definition) is 1. The van der Waals surface area contributed by atoms with E-state index >= 15 is 0 Å². The number of hydrogen-bond donors (Lipinski definition) is 1. The molecule has 2 atom stereocenters. The van der Waals surface area contributed by atoms with Gasteiger partial charge in [-0.3, -0.25) is 0 Å². The zero-order chi connectivity index (χ0) is 14.0. The van der Waals surface area contributed by atoms with Gasteiger partial charge in [0.05, 0.1) is 0 Å². The van der Waals surface area contributed by atoms with E-state index in [0.717, 1.165) is 18.2 Å². The Kier molecular flexibility index (Phi) is 4.08. The average Bonchev–Trinajstić information content (AvgIpc) is 2.26. The summed E-state index contributed by atoms with van der Waals surface area (Å²) in [6.07, 6.45) is -2.99. The molecule has 0 bridgehead atoms. The van der Waals surface area contributed by atoms with Gasteiger partial charge in [0.15, 0.2) is 0 Å². The third kappa shape index (κ3) is 3.89. The van der Waals surface area contributed by atoms with E-state index in [1.807, 2.05) is 0 Å². The van der Waals surface area contributed by atoms with Crippen LogP contribution in [0.5, 0.6) is 0 Å². The van der Waals surface area contributed by atoms with Crippen LogP contribution in [0.4, 0.5) is 22.0 Å². The lowest BCUT2D eigenvalue weighted by Crippen LogP contribution is -2.51. The van der Waals surface area contributed by atoms with E-state index in [1.165, 1.54) is 0 Å². The fraction of sp³-hybridized carbons (Fsp3) is 0.538. The number of benzene rings is 1. The fourth-order valence-electron chi connectivity index (χ4n) is 2.45. The quantitative estimate of drug-likeness (QED) is 0.816. The molecule has 6 heteroatoms. The molecule has 19 heavy (non-hydrogen) atoms. The Morgan fingerprint density at radius 2 is 1.68 bits per heavy atom. The summed E-state index contributed by atoms with van der Waals surface area (Å²) in [5, 5.41) is 2.51. The molecule has 2 rings (SSSR count). The topological polar surface area (TPSA) is 12.0 Å². The van der Waals surface area contributed by atoms with Crippen LogP contribution in [0.2, 0.25) is 0 Å². The van der Waals surface area contributed by atoms with Crippen molar-refractivity contribution in [2.24, 2.45) is 0 Å². The lowest BCUT2D eigenvalue weighted by Gasteiger charge is -2.32. The van der Waals surface area contributed by atoms with E-state index in [1.54, 1.807) is 0 Å². The maximum Gasteiger partial charge on any atom is 0.403 e. The van der Waals surface area contributed by atoms with Gasteiger partial charge in [0.1, 0.15) is 17.7 Å². The molecule has 1 aromatic carbocycles. The minimum absolute atomic E-state index is 0.0531. The third-order valence-electron chi connectivity index (χ3n) is 3.28. The molecule has 0 radical (unpaired) electrons. The first-order valence-electron chi connectivity index (χ1n) is 6.12. The minimum Gasteiger partial charge on any atom is -0.303 e. The normalized spacial score (nSPS) is 24.5. The van der Waals surface area contributed by atoms with Gasteiger partial charge in [-0.2, -0.15) is 13.2 Å². The predicted octanol–water partition coefficient (Wildman–Crippen LogP) is 3.58. The van der Waals surface area contributed by atoms with E-state index in [0.29, 0.717) is 18.4 Å². The summed E-state index contributed by atoms with van der Waals surface area (Å²) in [6, 6.07) is 1.13. The highest BCUT2D eigenvalue weighted by Crippen LogP contribution is 2.28. The molecule has 1 aromatic rings. The van der Waals surface area contributed by atoms with Crippen molar-refractivity contribution in [2.75, 3.05) is 0 Å². The van der Waals surface area contributed by atoms with Crippen molar-refractivity contribution >= 4 is 0 Å². The van der Waals surface area contributed by atoms with E-state index in [2.05, 4.69) is 5.32 Å². The Bertz CT molecular complexity index is 423. The fourth-order valence-corrected chi connectivity index (χ4v) is 2.45. The first kappa shape index (κ1) is 14.2. The molecule has 0 aromatic heterocycles. The average molecular weight is 279 g/mol. The maximum atomic E-state index is 13.0. The van der Waals surface area contributed by atoms with Crippen LogP contribution in [0.25, 0.3) is 0 Å². The number of piperidine rings is 1.